The second kappa shape index (κ2) is 9.95. The zero-order chi connectivity index (χ0) is 15.6. The first-order valence-corrected chi connectivity index (χ1v) is 9.76. The van der Waals surface area contributed by atoms with Crippen LogP contribution in [0.4, 0.5) is 5.69 Å². The van der Waals surface area contributed by atoms with E-state index in [1.165, 1.54) is 0 Å². The van der Waals surface area contributed by atoms with Crippen LogP contribution in [0.2, 0.25) is 0 Å². The van der Waals surface area contributed by atoms with E-state index in [1.807, 2.05) is 39.0 Å². The summed E-state index contributed by atoms with van der Waals surface area (Å²) < 4.78 is 18.1. The third-order valence-corrected chi connectivity index (χ3v) is 6.52. The summed E-state index contributed by atoms with van der Waals surface area (Å²) in [6.07, 6.45) is 2.01. The van der Waals surface area contributed by atoms with Gasteiger partial charge in [-0.15, -0.1) is 0 Å². The van der Waals surface area contributed by atoms with Crippen LogP contribution in [0.25, 0.3) is 0 Å². The number of anilines is 1. The van der Waals surface area contributed by atoms with E-state index in [1.54, 1.807) is 0 Å². The van der Waals surface area contributed by atoms with Crippen molar-refractivity contribution in [3.8, 4) is 0 Å². The van der Waals surface area contributed by atoms with Crippen molar-refractivity contribution in [1.29, 1.82) is 0 Å². The van der Waals surface area contributed by atoms with Crippen molar-refractivity contribution in [3.63, 3.8) is 0 Å². The molecule has 0 radical (unpaired) electrons. The fraction of sp³-hybridized carbons (Fsp3) is 0.625. The molecule has 4 nitrogen and oxygen atoms in total. The van der Waals surface area contributed by atoms with Gasteiger partial charge in [-0.2, -0.15) is 0 Å². The lowest BCUT2D eigenvalue weighted by Gasteiger charge is -2.36. The molecule has 5 heteroatoms. The molecule has 1 aromatic carbocycles. The summed E-state index contributed by atoms with van der Waals surface area (Å²) in [5.74, 6) is 0. The number of hydrogen-bond acceptors (Lipinski definition) is 4. The van der Waals surface area contributed by atoms with Crippen molar-refractivity contribution in [2.75, 3.05) is 25.1 Å². The van der Waals surface area contributed by atoms with Gasteiger partial charge in [-0.3, -0.25) is 0 Å². The maximum Gasteiger partial charge on any atom is 0.524 e. The Labute approximate surface area is 130 Å². The average Bonchev–Trinajstić information content (AvgIpc) is 2.48. The molecule has 0 heterocycles. The van der Waals surface area contributed by atoms with E-state index in [0.717, 1.165) is 18.5 Å². The second-order valence-corrected chi connectivity index (χ2v) is 7.52. The van der Waals surface area contributed by atoms with Crippen LogP contribution in [-0.2, 0) is 13.3 Å². The third-order valence-electron chi connectivity index (χ3n) is 3.16. The van der Waals surface area contributed by atoms with Crippen LogP contribution in [0.15, 0.2) is 30.3 Å². The van der Waals surface area contributed by atoms with Crippen LogP contribution >= 0.6 is 0 Å². The molecule has 21 heavy (non-hydrogen) atoms. The fourth-order valence-electron chi connectivity index (χ4n) is 2.39. The van der Waals surface area contributed by atoms with Crippen LogP contribution in [0.1, 0.15) is 40.5 Å². The molecule has 0 bridgehead atoms. The van der Waals surface area contributed by atoms with Gasteiger partial charge in [-0.1, -0.05) is 31.5 Å². The van der Waals surface area contributed by atoms with E-state index in [9.17, 15) is 0 Å². The maximum absolute atomic E-state index is 6.03. The van der Waals surface area contributed by atoms with Gasteiger partial charge in [0.2, 0.25) is 0 Å². The zero-order valence-electron chi connectivity index (χ0n) is 13.7. The number of hydrogen-bond donors (Lipinski definition) is 1. The first-order chi connectivity index (χ1) is 10.2. The van der Waals surface area contributed by atoms with E-state index in [-0.39, 0.29) is 5.67 Å². The van der Waals surface area contributed by atoms with E-state index >= 15 is 0 Å². The molecule has 120 valence electrons. The molecule has 0 amide bonds. The molecule has 1 aromatic rings. The van der Waals surface area contributed by atoms with Crippen molar-refractivity contribution < 1.29 is 13.3 Å². The number of para-hydroxylation sites is 1. The Morgan fingerprint density at radius 3 is 1.86 bits per heavy atom. The summed E-state index contributed by atoms with van der Waals surface area (Å²) in [4.78, 5) is 0. The van der Waals surface area contributed by atoms with Gasteiger partial charge in [0.25, 0.3) is 0 Å². The van der Waals surface area contributed by atoms with Gasteiger partial charge < -0.3 is 18.6 Å². The maximum atomic E-state index is 6.03. The van der Waals surface area contributed by atoms with Crippen LogP contribution in [0.5, 0.6) is 0 Å². The van der Waals surface area contributed by atoms with Gasteiger partial charge in [0.1, 0.15) is 0 Å². The topological polar surface area (TPSA) is 39.7 Å². The highest BCUT2D eigenvalue weighted by Crippen LogP contribution is 2.23. The van der Waals surface area contributed by atoms with E-state index in [2.05, 4.69) is 24.4 Å². The van der Waals surface area contributed by atoms with E-state index < -0.39 is 8.80 Å². The van der Waals surface area contributed by atoms with Gasteiger partial charge >= 0.3 is 8.80 Å². The first kappa shape index (κ1) is 18.2. The largest absolute Gasteiger partial charge is 0.524 e. The van der Waals surface area contributed by atoms with Crippen molar-refractivity contribution in [2.45, 2.75) is 46.2 Å². The molecule has 1 rings (SSSR count). The predicted octanol–water partition coefficient (Wildman–Crippen LogP) is 3.85. The minimum atomic E-state index is -2.74. The monoisotopic (exact) mass is 311 g/mol. The van der Waals surface area contributed by atoms with Crippen LogP contribution in [0.3, 0.4) is 0 Å². The molecule has 0 aliphatic heterocycles. The lowest BCUT2D eigenvalue weighted by Crippen LogP contribution is -2.59. The highest BCUT2D eigenvalue weighted by Gasteiger charge is 2.49. The molecule has 0 aromatic heterocycles. The molecule has 1 N–H and O–H groups in total. The molecule has 0 saturated heterocycles. The summed E-state index contributed by atoms with van der Waals surface area (Å²) in [5.41, 5.74) is 1.15. The Bertz CT molecular complexity index is 358. The Kier molecular flexibility index (Phi) is 8.60. The smallest absolute Gasteiger partial charge is 0.378 e. The molecule has 0 spiro atoms. The van der Waals surface area contributed by atoms with Gasteiger partial charge in [0.05, 0.1) is 5.67 Å². The molecule has 0 aliphatic rings. The van der Waals surface area contributed by atoms with Gasteiger partial charge in [0.15, 0.2) is 0 Å². The first-order valence-electron chi connectivity index (χ1n) is 7.95. The molecule has 1 atom stereocenters. The number of nitrogens with one attached hydrogen (secondary N) is 1. The van der Waals surface area contributed by atoms with E-state index in [0.29, 0.717) is 19.8 Å². The fourth-order valence-corrected chi connectivity index (χ4v) is 5.44. The molecular formula is C16H29NO3Si. The molecular weight excluding hydrogens is 282 g/mol. The SMILES string of the molecule is CCCC(Nc1ccccc1)[Si](OCC)(OCC)OCC. The van der Waals surface area contributed by atoms with Crippen molar-refractivity contribution in [3.05, 3.63) is 30.3 Å². The highest BCUT2D eigenvalue weighted by molar-refractivity contribution is 6.63. The molecule has 1 unspecified atom stereocenters. The van der Waals surface area contributed by atoms with Crippen LogP contribution in [-0.4, -0.2) is 34.3 Å². The Balaban J connectivity index is 2.99. The second-order valence-electron chi connectivity index (χ2n) is 4.75. The van der Waals surface area contributed by atoms with Crippen molar-refractivity contribution in [2.24, 2.45) is 0 Å². The Morgan fingerprint density at radius 2 is 1.43 bits per heavy atom. The summed E-state index contributed by atoms with van der Waals surface area (Å²) in [5, 5.41) is 3.56. The van der Waals surface area contributed by atoms with Crippen molar-refractivity contribution >= 4 is 14.5 Å². The lowest BCUT2D eigenvalue weighted by atomic mass is 10.3. The summed E-state index contributed by atoms with van der Waals surface area (Å²) in [6.45, 7) is 9.94. The average molecular weight is 311 g/mol. The Morgan fingerprint density at radius 1 is 0.905 bits per heavy atom. The molecule has 0 fully saturated rings. The summed E-state index contributed by atoms with van der Waals surface area (Å²) >= 11 is 0. The van der Waals surface area contributed by atoms with Gasteiger partial charge in [-0.25, -0.2) is 0 Å². The molecule has 0 saturated carbocycles. The number of benzene rings is 1. The predicted molar refractivity (Wildman–Crippen MR) is 89.4 cm³/mol. The summed E-state index contributed by atoms with van der Waals surface area (Å²) in [6, 6.07) is 10.2. The summed E-state index contributed by atoms with van der Waals surface area (Å²) in [7, 11) is -2.74. The minimum absolute atomic E-state index is 0.0738. The zero-order valence-corrected chi connectivity index (χ0v) is 14.7. The third kappa shape index (κ3) is 5.43. The standard InChI is InChI=1S/C16H29NO3Si/c1-5-12-16(17-15-13-10-9-11-14-15)21(18-6-2,19-7-3)20-8-4/h9-11,13-14,16-17H,5-8,12H2,1-4H3. The van der Waals surface area contributed by atoms with Gasteiger partial charge in [-0.05, 0) is 39.3 Å². The normalized spacial score (nSPS) is 13.1. The van der Waals surface area contributed by atoms with Crippen LogP contribution in [0, 0.1) is 0 Å². The molecule has 0 aliphatic carbocycles. The van der Waals surface area contributed by atoms with Gasteiger partial charge in [0, 0.05) is 25.5 Å². The van der Waals surface area contributed by atoms with Crippen molar-refractivity contribution in [1.82, 2.24) is 0 Å². The quantitative estimate of drug-likeness (QED) is 0.630. The Hall–Kier alpha value is -0.883. The highest BCUT2D eigenvalue weighted by atomic mass is 28.4. The van der Waals surface area contributed by atoms with E-state index in [4.69, 9.17) is 13.3 Å². The van der Waals surface area contributed by atoms with Crippen LogP contribution < -0.4 is 5.32 Å². The lowest BCUT2D eigenvalue weighted by molar-refractivity contribution is 0.0634. The number of rotatable bonds is 11. The minimum Gasteiger partial charge on any atom is -0.378 e.